The number of halogens is 1. The molecular formula is C13H19ClN2O. The minimum atomic E-state index is -0.885. The van der Waals surface area contributed by atoms with Gasteiger partial charge in [-0.05, 0) is 45.4 Å². The molecule has 0 bridgehead atoms. The van der Waals surface area contributed by atoms with Crippen molar-refractivity contribution >= 4 is 17.5 Å². The van der Waals surface area contributed by atoms with Crippen molar-refractivity contribution in [1.82, 2.24) is 5.32 Å². The molecule has 0 aliphatic heterocycles. The van der Waals surface area contributed by atoms with E-state index in [2.05, 4.69) is 5.32 Å². The summed E-state index contributed by atoms with van der Waals surface area (Å²) < 4.78 is 0. The number of nitrogens with two attached hydrogens (primary N) is 1. The monoisotopic (exact) mass is 254 g/mol. The van der Waals surface area contributed by atoms with Crippen molar-refractivity contribution < 1.29 is 4.79 Å². The largest absolute Gasteiger partial charge is 0.346 e. The quantitative estimate of drug-likeness (QED) is 0.871. The van der Waals surface area contributed by atoms with Gasteiger partial charge < -0.3 is 11.1 Å². The highest BCUT2D eigenvalue weighted by atomic mass is 35.5. The van der Waals surface area contributed by atoms with Gasteiger partial charge in [0, 0.05) is 5.02 Å². The lowest BCUT2D eigenvalue weighted by atomic mass is 9.92. The SMILES string of the molecule is CC(C)(N)C(=O)NC(C)(C)c1ccc(Cl)cc1. The molecule has 1 rings (SSSR count). The summed E-state index contributed by atoms with van der Waals surface area (Å²) in [5, 5.41) is 3.60. The third kappa shape index (κ3) is 3.72. The van der Waals surface area contributed by atoms with E-state index in [0.717, 1.165) is 5.56 Å². The number of hydrogen-bond acceptors (Lipinski definition) is 2. The Morgan fingerprint density at radius 3 is 2.06 bits per heavy atom. The predicted octanol–water partition coefficient (Wildman–Crippen LogP) is 2.43. The first-order valence-electron chi connectivity index (χ1n) is 5.50. The van der Waals surface area contributed by atoms with Crippen LogP contribution >= 0.6 is 11.6 Å². The zero-order valence-corrected chi connectivity index (χ0v) is 11.4. The van der Waals surface area contributed by atoms with Crippen LogP contribution in [-0.4, -0.2) is 11.4 Å². The van der Waals surface area contributed by atoms with Crippen LogP contribution in [-0.2, 0) is 10.3 Å². The first-order valence-corrected chi connectivity index (χ1v) is 5.88. The zero-order valence-electron chi connectivity index (χ0n) is 10.7. The van der Waals surface area contributed by atoms with Crippen LogP contribution < -0.4 is 11.1 Å². The molecule has 0 aromatic heterocycles. The van der Waals surface area contributed by atoms with E-state index in [9.17, 15) is 4.79 Å². The zero-order chi connectivity index (χ0) is 13.3. The molecule has 0 heterocycles. The molecular weight excluding hydrogens is 236 g/mol. The number of amides is 1. The maximum atomic E-state index is 11.9. The van der Waals surface area contributed by atoms with Crippen molar-refractivity contribution in [3.8, 4) is 0 Å². The van der Waals surface area contributed by atoms with E-state index < -0.39 is 11.1 Å². The Kier molecular flexibility index (Phi) is 3.84. The summed E-state index contributed by atoms with van der Waals surface area (Å²) in [5.74, 6) is -0.183. The molecule has 4 heteroatoms. The van der Waals surface area contributed by atoms with Crippen molar-refractivity contribution in [2.24, 2.45) is 5.73 Å². The van der Waals surface area contributed by atoms with Gasteiger partial charge in [0.1, 0.15) is 0 Å². The summed E-state index contributed by atoms with van der Waals surface area (Å²) in [4.78, 5) is 11.9. The van der Waals surface area contributed by atoms with Crippen molar-refractivity contribution in [3.63, 3.8) is 0 Å². The fourth-order valence-electron chi connectivity index (χ4n) is 1.38. The second-order valence-electron chi connectivity index (χ2n) is 5.31. The molecule has 0 atom stereocenters. The summed E-state index contributed by atoms with van der Waals surface area (Å²) in [5.41, 5.74) is 5.38. The van der Waals surface area contributed by atoms with E-state index in [0.29, 0.717) is 5.02 Å². The highest BCUT2D eigenvalue weighted by Crippen LogP contribution is 2.22. The highest BCUT2D eigenvalue weighted by Gasteiger charge is 2.29. The van der Waals surface area contributed by atoms with Gasteiger partial charge in [0.25, 0.3) is 0 Å². The highest BCUT2D eigenvalue weighted by molar-refractivity contribution is 6.30. The van der Waals surface area contributed by atoms with Gasteiger partial charge in [0.2, 0.25) is 5.91 Å². The fourth-order valence-corrected chi connectivity index (χ4v) is 1.51. The minimum Gasteiger partial charge on any atom is -0.346 e. The molecule has 94 valence electrons. The molecule has 3 nitrogen and oxygen atoms in total. The Morgan fingerprint density at radius 1 is 1.18 bits per heavy atom. The third-order valence-electron chi connectivity index (χ3n) is 2.58. The van der Waals surface area contributed by atoms with Crippen molar-refractivity contribution in [2.45, 2.75) is 38.8 Å². The number of carbonyl (C=O) groups is 1. The molecule has 0 fully saturated rings. The predicted molar refractivity (Wildman–Crippen MR) is 70.9 cm³/mol. The van der Waals surface area contributed by atoms with Crippen LogP contribution in [0.4, 0.5) is 0 Å². The molecule has 1 amide bonds. The van der Waals surface area contributed by atoms with Gasteiger partial charge in [-0.15, -0.1) is 0 Å². The Morgan fingerprint density at radius 2 is 1.65 bits per heavy atom. The lowest BCUT2D eigenvalue weighted by Crippen LogP contribution is -2.54. The summed E-state index contributed by atoms with van der Waals surface area (Å²) in [6.45, 7) is 7.22. The van der Waals surface area contributed by atoms with Crippen LogP contribution in [0.15, 0.2) is 24.3 Å². The van der Waals surface area contributed by atoms with E-state index in [4.69, 9.17) is 17.3 Å². The van der Waals surface area contributed by atoms with Crippen LogP contribution in [0.2, 0.25) is 5.02 Å². The summed E-state index contributed by atoms with van der Waals surface area (Å²) in [6, 6.07) is 7.40. The van der Waals surface area contributed by atoms with E-state index in [1.165, 1.54) is 0 Å². The molecule has 0 saturated heterocycles. The first kappa shape index (κ1) is 14.0. The number of nitrogens with one attached hydrogen (secondary N) is 1. The van der Waals surface area contributed by atoms with Crippen molar-refractivity contribution in [2.75, 3.05) is 0 Å². The van der Waals surface area contributed by atoms with Crippen LogP contribution in [0.1, 0.15) is 33.3 Å². The topological polar surface area (TPSA) is 55.1 Å². The molecule has 17 heavy (non-hydrogen) atoms. The lowest BCUT2D eigenvalue weighted by Gasteiger charge is -2.30. The smallest absolute Gasteiger partial charge is 0.240 e. The Bertz CT molecular complexity index is 404. The van der Waals surface area contributed by atoms with E-state index in [-0.39, 0.29) is 5.91 Å². The van der Waals surface area contributed by atoms with E-state index in [1.54, 1.807) is 26.0 Å². The molecule has 0 radical (unpaired) electrons. The second kappa shape index (κ2) is 4.67. The second-order valence-corrected chi connectivity index (χ2v) is 5.74. The summed E-state index contributed by atoms with van der Waals surface area (Å²) in [6.07, 6.45) is 0. The van der Waals surface area contributed by atoms with Gasteiger partial charge in [-0.2, -0.15) is 0 Å². The van der Waals surface area contributed by atoms with Gasteiger partial charge >= 0.3 is 0 Å². The molecule has 1 aromatic rings. The standard InChI is InChI=1S/C13H19ClN2O/c1-12(2,15)11(17)16-13(3,4)9-5-7-10(14)8-6-9/h5-8H,15H2,1-4H3,(H,16,17). The van der Waals surface area contributed by atoms with Gasteiger partial charge in [0.05, 0.1) is 11.1 Å². The summed E-state index contributed by atoms with van der Waals surface area (Å²) in [7, 11) is 0. The first-order chi connectivity index (χ1) is 7.63. The maximum Gasteiger partial charge on any atom is 0.240 e. The molecule has 0 aliphatic carbocycles. The van der Waals surface area contributed by atoms with E-state index >= 15 is 0 Å². The average molecular weight is 255 g/mol. The molecule has 0 spiro atoms. The molecule has 1 aromatic carbocycles. The molecule has 0 unspecified atom stereocenters. The van der Waals surface area contributed by atoms with E-state index in [1.807, 2.05) is 26.0 Å². The minimum absolute atomic E-state index is 0.183. The van der Waals surface area contributed by atoms with Crippen molar-refractivity contribution in [1.29, 1.82) is 0 Å². The number of hydrogen-bond donors (Lipinski definition) is 2. The lowest BCUT2D eigenvalue weighted by molar-refractivity contribution is -0.127. The van der Waals surface area contributed by atoms with Crippen molar-refractivity contribution in [3.05, 3.63) is 34.9 Å². The van der Waals surface area contributed by atoms with Gasteiger partial charge in [-0.1, -0.05) is 23.7 Å². The fraction of sp³-hybridized carbons (Fsp3) is 0.462. The summed E-state index contributed by atoms with van der Waals surface area (Å²) >= 11 is 5.83. The Hall–Kier alpha value is -1.06. The van der Waals surface area contributed by atoms with Crippen LogP contribution in [0.3, 0.4) is 0 Å². The third-order valence-corrected chi connectivity index (χ3v) is 2.83. The number of carbonyl (C=O) groups excluding carboxylic acids is 1. The normalized spacial score (nSPS) is 12.4. The van der Waals surface area contributed by atoms with Gasteiger partial charge in [0.15, 0.2) is 0 Å². The Labute approximate surface area is 107 Å². The molecule has 0 saturated carbocycles. The average Bonchev–Trinajstić information content (AvgIpc) is 2.16. The van der Waals surface area contributed by atoms with Crippen LogP contribution in [0.5, 0.6) is 0 Å². The Balaban J connectivity index is 2.89. The van der Waals surface area contributed by atoms with Gasteiger partial charge in [-0.3, -0.25) is 4.79 Å². The number of rotatable bonds is 3. The van der Waals surface area contributed by atoms with Gasteiger partial charge in [-0.25, -0.2) is 0 Å². The maximum absolute atomic E-state index is 11.9. The number of benzene rings is 1. The molecule has 3 N–H and O–H groups in total. The molecule has 0 aliphatic rings. The van der Waals surface area contributed by atoms with Crippen LogP contribution in [0, 0.1) is 0 Å². The van der Waals surface area contributed by atoms with Crippen LogP contribution in [0.25, 0.3) is 0 Å².